The molecule has 0 unspecified atom stereocenters. The Kier molecular flexibility index (Phi) is 6.79. The average molecular weight is 332 g/mol. The van der Waals surface area contributed by atoms with Gasteiger partial charge in [-0.1, -0.05) is 24.3 Å². The lowest BCUT2D eigenvalue weighted by Gasteiger charge is -2.08. The summed E-state index contributed by atoms with van der Waals surface area (Å²) in [7, 11) is 2.89. The molecule has 0 aliphatic rings. The number of phenols is 1. The van der Waals surface area contributed by atoms with Gasteiger partial charge in [0, 0.05) is 0 Å². The maximum atomic E-state index is 11.2. The lowest BCUT2D eigenvalue weighted by Crippen LogP contribution is -2.04. The van der Waals surface area contributed by atoms with Crippen LogP contribution in [0.1, 0.15) is 31.8 Å². The summed E-state index contributed by atoms with van der Waals surface area (Å²) < 4.78 is 9.71. The number of aromatic hydroxyl groups is 1. The minimum absolute atomic E-state index is 0.0509. The molecule has 0 fully saturated rings. The van der Waals surface area contributed by atoms with E-state index in [4.69, 9.17) is 9.84 Å². The predicted octanol–water partition coefficient (Wildman–Crippen LogP) is 3.19. The number of ether oxygens (including phenoxy) is 2. The van der Waals surface area contributed by atoms with E-state index in [0.29, 0.717) is 16.9 Å². The van der Waals surface area contributed by atoms with Gasteiger partial charge in [-0.05, 0) is 37.1 Å². The summed E-state index contributed by atoms with van der Waals surface area (Å²) in [5, 5.41) is 17.7. The van der Waals surface area contributed by atoms with Crippen molar-refractivity contribution in [2.24, 2.45) is 0 Å². The first-order chi connectivity index (χ1) is 11.3. The fourth-order valence-electron chi connectivity index (χ4n) is 2.03. The van der Waals surface area contributed by atoms with Crippen LogP contribution >= 0.6 is 0 Å². The van der Waals surface area contributed by atoms with Crippen molar-refractivity contribution < 1.29 is 29.3 Å². The second-order valence-electron chi connectivity index (χ2n) is 4.92. The van der Waals surface area contributed by atoms with Gasteiger partial charge in [-0.15, -0.1) is 0 Å². The molecule has 2 N–H and O–H groups in total. The smallest absolute Gasteiger partial charge is 0.341 e. The van der Waals surface area contributed by atoms with E-state index in [9.17, 15) is 14.7 Å². The molecular formula is C18H20O6. The van der Waals surface area contributed by atoms with Crippen molar-refractivity contribution in [1.82, 2.24) is 0 Å². The molecule has 0 saturated heterocycles. The summed E-state index contributed by atoms with van der Waals surface area (Å²) >= 11 is 0. The molecule has 6 heteroatoms. The van der Waals surface area contributed by atoms with Crippen molar-refractivity contribution in [1.29, 1.82) is 0 Å². The van der Waals surface area contributed by atoms with Gasteiger partial charge in [-0.2, -0.15) is 0 Å². The molecule has 2 rings (SSSR count). The highest BCUT2D eigenvalue weighted by atomic mass is 16.5. The molecule has 0 atom stereocenters. The number of methoxy groups -OCH3 is 2. The summed E-state index contributed by atoms with van der Waals surface area (Å²) in [4.78, 5) is 21.7. The quantitative estimate of drug-likeness (QED) is 0.839. The third-order valence-electron chi connectivity index (χ3n) is 3.29. The van der Waals surface area contributed by atoms with Gasteiger partial charge >= 0.3 is 11.9 Å². The third-order valence-corrected chi connectivity index (χ3v) is 3.29. The Morgan fingerprint density at radius 2 is 1.46 bits per heavy atom. The van der Waals surface area contributed by atoms with Gasteiger partial charge in [0.2, 0.25) is 0 Å². The van der Waals surface area contributed by atoms with Crippen LogP contribution in [0.15, 0.2) is 36.4 Å². The van der Waals surface area contributed by atoms with E-state index in [0.717, 1.165) is 5.56 Å². The van der Waals surface area contributed by atoms with Crippen molar-refractivity contribution >= 4 is 11.9 Å². The Morgan fingerprint density at radius 3 is 1.92 bits per heavy atom. The highest BCUT2D eigenvalue weighted by molar-refractivity contribution is 5.93. The fraction of sp³-hybridized carbons (Fsp3) is 0.222. The Hall–Kier alpha value is -3.02. The van der Waals surface area contributed by atoms with E-state index in [1.54, 1.807) is 31.2 Å². The Balaban J connectivity index is 0.000000243. The minimum atomic E-state index is -1.11. The van der Waals surface area contributed by atoms with Crippen molar-refractivity contribution in [3.8, 4) is 11.5 Å². The summed E-state index contributed by atoms with van der Waals surface area (Å²) in [6.07, 6.45) is 0. The Bertz CT molecular complexity index is 736. The summed E-state index contributed by atoms with van der Waals surface area (Å²) in [6.45, 7) is 3.53. The molecule has 0 heterocycles. The molecule has 0 spiro atoms. The zero-order valence-electron chi connectivity index (χ0n) is 14.0. The summed E-state index contributed by atoms with van der Waals surface area (Å²) in [5.41, 5.74) is 1.91. The van der Waals surface area contributed by atoms with E-state index in [2.05, 4.69) is 4.74 Å². The molecule has 0 radical (unpaired) electrons. The van der Waals surface area contributed by atoms with E-state index in [1.165, 1.54) is 20.3 Å². The molecule has 0 aliphatic carbocycles. The van der Waals surface area contributed by atoms with Gasteiger partial charge in [-0.3, -0.25) is 0 Å². The molecule has 0 saturated carbocycles. The lowest BCUT2D eigenvalue weighted by molar-refractivity contribution is 0.0596. The average Bonchev–Trinajstić information content (AvgIpc) is 2.56. The second kappa shape index (κ2) is 8.57. The highest BCUT2D eigenvalue weighted by Gasteiger charge is 2.13. The number of carboxylic acids is 1. The van der Waals surface area contributed by atoms with E-state index in [1.807, 2.05) is 13.0 Å². The molecule has 128 valence electrons. The molecule has 2 aromatic carbocycles. The van der Waals surface area contributed by atoms with Gasteiger partial charge in [-0.25, -0.2) is 9.59 Å². The fourth-order valence-corrected chi connectivity index (χ4v) is 2.03. The Labute approximate surface area is 140 Å². The van der Waals surface area contributed by atoms with Crippen LogP contribution in [-0.4, -0.2) is 36.4 Å². The molecule has 0 amide bonds. The zero-order valence-corrected chi connectivity index (χ0v) is 14.0. The van der Waals surface area contributed by atoms with Gasteiger partial charge in [0.1, 0.15) is 22.6 Å². The summed E-state index contributed by atoms with van der Waals surface area (Å²) in [6, 6.07) is 9.97. The normalized spacial score (nSPS) is 9.50. The number of para-hydroxylation sites is 2. The van der Waals surface area contributed by atoms with Crippen LogP contribution in [0.2, 0.25) is 0 Å². The minimum Gasteiger partial charge on any atom is -0.507 e. The van der Waals surface area contributed by atoms with Crippen LogP contribution in [0.3, 0.4) is 0 Å². The number of esters is 1. The molecule has 0 bridgehead atoms. The van der Waals surface area contributed by atoms with Crippen LogP contribution in [0, 0.1) is 13.8 Å². The highest BCUT2D eigenvalue weighted by Crippen LogP contribution is 2.23. The largest absolute Gasteiger partial charge is 0.507 e. The van der Waals surface area contributed by atoms with Crippen molar-refractivity contribution in [2.75, 3.05) is 14.2 Å². The van der Waals surface area contributed by atoms with Gasteiger partial charge < -0.3 is 19.7 Å². The van der Waals surface area contributed by atoms with E-state index in [-0.39, 0.29) is 17.3 Å². The molecule has 0 aliphatic heterocycles. The van der Waals surface area contributed by atoms with Gasteiger partial charge in [0.25, 0.3) is 0 Å². The molecule has 6 nitrogen and oxygen atoms in total. The molecule has 0 aromatic heterocycles. The predicted molar refractivity (Wildman–Crippen MR) is 88.9 cm³/mol. The number of benzene rings is 2. The lowest BCUT2D eigenvalue weighted by atomic mass is 10.1. The standard InChI is InChI=1S/C10H12O3.C8H8O3/c1-7-5-4-6-8(9(7)12-2)10(11)13-3;1-5-3-2-4-6(7(5)9)8(10)11/h4-6H,1-3H3;2-4,9H,1H3,(H,10,11). The van der Waals surface area contributed by atoms with Crippen molar-refractivity contribution in [3.63, 3.8) is 0 Å². The molecular weight excluding hydrogens is 312 g/mol. The third kappa shape index (κ3) is 4.49. The number of hydrogen-bond donors (Lipinski definition) is 2. The van der Waals surface area contributed by atoms with Gasteiger partial charge in [0.15, 0.2) is 0 Å². The van der Waals surface area contributed by atoms with Crippen molar-refractivity contribution in [2.45, 2.75) is 13.8 Å². The van der Waals surface area contributed by atoms with Crippen LogP contribution in [-0.2, 0) is 4.74 Å². The topological polar surface area (TPSA) is 93.1 Å². The Morgan fingerprint density at radius 1 is 0.917 bits per heavy atom. The molecule has 24 heavy (non-hydrogen) atoms. The van der Waals surface area contributed by atoms with Crippen LogP contribution < -0.4 is 4.74 Å². The number of rotatable bonds is 3. The number of carbonyl (C=O) groups is 2. The number of hydrogen-bond acceptors (Lipinski definition) is 5. The van der Waals surface area contributed by atoms with Crippen LogP contribution in [0.5, 0.6) is 11.5 Å². The second-order valence-corrected chi connectivity index (χ2v) is 4.92. The van der Waals surface area contributed by atoms with Crippen LogP contribution in [0.25, 0.3) is 0 Å². The van der Waals surface area contributed by atoms with Crippen molar-refractivity contribution in [3.05, 3.63) is 58.7 Å². The van der Waals surface area contributed by atoms with E-state index < -0.39 is 5.97 Å². The van der Waals surface area contributed by atoms with Gasteiger partial charge in [0.05, 0.1) is 14.2 Å². The first-order valence-electron chi connectivity index (χ1n) is 7.07. The molecule has 2 aromatic rings. The van der Waals surface area contributed by atoms with E-state index >= 15 is 0 Å². The first kappa shape index (κ1) is 19.0. The van der Waals surface area contributed by atoms with Crippen LogP contribution in [0.4, 0.5) is 0 Å². The number of carbonyl (C=O) groups excluding carboxylic acids is 1. The summed E-state index contributed by atoms with van der Waals surface area (Å²) in [5.74, 6) is -1.05. The number of aromatic carboxylic acids is 1. The SMILES string of the molecule is COC(=O)c1cccc(C)c1OC.Cc1cccc(C(=O)O)c1O. The monoisotopic (exact) mass is 332 g/mol. The maximum absolute atomic E-state index is 11.2. The number of aryl methyl sites for hydroxylation is 2. The zero-order chi connectivity index (χ0) is 18.3. The first-order valence-corrected chi connectivity index (χ1v) is 7.07. The number of carboxylic acid groups (broad SMARTS) is 1. The maximum Gasteiger partial charge on any atom is 0.341 e.